The molecule has 19 heavy (non-hydrogen) atoms. The van der Waals surface area contributed by atoms with Crippen molar-refractivity contribution in [2.45, 2.75) is 19.9 Å². The highest BCUT2D eigenvalue weighted by molar-refractivity contribution is 5.37. The predicted octanol–water partition coefficient (Wildman–Crippen LogP) is 3.89. The van der Waals surface area contributed by atoms with E-state index in [2.05, 4.69) is 5.32 Å². The summed E-state index contributed by atoms with van der Waals surface area (Å²) in [5, 5.41) is 3.09. The van der Waals surface area contributed by atoms with Gasteiger partial charge in [0.15, 0.2) is 0 Å². The molecule has 0 bridgehead atoms. The van der Waals surface area contributed by atoms with Gasteiger partial charge in [-0.2, -0.15) is 0 Å². The molecule has 0 saturated carbocycles. The molecular weight excluding hydrogens is 244 g/mol. The van der Waals surface area contributed by atoms with Crippen molar-refractivity contribution in [2.24, 2.45) is 0 Å². The number of rotatable bonds is 3. The number of hydrogen-bond donors (Lipinski definition) is 1. The van der Waals surface area contributed by atoms with Crippen molar-refractivity contribution in [1.29, 1.82) is 0 Å². The average Bonchev–Trinajstić information content (AvgIpc) is 2.36. The normalized spacial score (nSPS) is 12.5. The fourth-order valence-electron chi connectivity index (χ4n) is 2.25. The lowest BCUT2D eigenvalue weighted by Crippen LogP contribution is -2.19. The van der Waals surface area contributed by atoms with Crippen molar-refractivity contribution < 1.29 is 8.78 Å². The lowest BCUT2D eigenvalue weighted by atomic mass is 9.95. The molecule has 0 aliphatic heterocycles. The zero-order valence-electron chi connectivity index (χ0n) is 11.3. The molecular formula is C16H17F2N. The van der Waals surface area contributed by atoms with Gasteiger partial charge in [-0.3, -0.25) is 0 Å². The second-order valence-corrected chi connectivity index (χ2v) is 4.76. The van der Waals surface area contributed by atoms with Crippen LogP contribution in [0.15, 0.2) is 36.4 Å². The van der Waals surface area contributed by atoms with Crippen molar-refractivity contribution in [3.8, 4) is 0 Å². The van der Waals surface area contributed by atoms with E-state index in [0.717, 1.165) is 17.2 Å². The molecule has 2 aromatic carbocycles. The van der Waals surface area contributed by atoms with E-state index >= 15 is 0 Å². The maximum atomic E-state index is 14.0. The molecule has 1 unspecified atom stereocenters. The van der Waals surface area contributed by atoms with E-state index in [1.807, 2.05) is 31.2 Å². The minimum atomic E-state index is -0.524. The van der Waals surface area contributed by atoms with Crippen LogP contribution in [0.5, 0.6) is 0 Å². The molecule has 2 aromatic rings. The van der Waals surface area contributed by atoms with Gasteiger partial charge in [0.05, 0.1) is 6.04 Å². The van der Waals surface area contributed by atoms with Gasteiger partial charge in [-0.05, 0) is 38.1 Å². The molecule has 0 amide bonds. The third-order valence-electron chi connectivity index (χ3n) is 3.25. The summed E-state index contributed by atoms with van der Waals surface area (Å²) in [5.74, 6) is -1.04. The highest BCUT2D eigenvalue weighted by Gasteiger charge is 2.18. The SMILES string of the molecule is CNC(c1cccc(C)c1)c1cc(C)c(F)cc1F. The zero-order valence-corrected chi connectivity index (χ0v) is 11.3. The Hall–Kier alpha value is -1.74. The Morgan fingerprint density at radius 1 is 1.00 bits per heavy atom. The monoisotopic (exact) mass is 261 g/mol. The second kappa shape index (κ2) is 5.49. The molecule has 100 valence electrons. The van der Waals surface area contributed by atoms with Gasteiger partial charge < -0.3 is 5.32 Å². The van der Waals surface area contributed by atoms with Crippen LogP contribution in [-0.4, -0.2) is 7.05 Å². The first-order chi connectivity index (χ1) is 9.02. The van der Waals surface area contributed by atoms with Gasteiger partial charge in [0.25, 0.3) is 0 Å². The highest BCUT2D eigenvalue weighted by Crippen LogP contribution is 2.26. The molecule has 1 nitrogen and oxygen atoms in total. The molecule has 1 atom stereocenters. The summed E-state index contributed by atoms with van der Waals surface area (Å²) >= 11 is 0. The molecule has 0 spiro atoms. The lowest BCUT2D eigenvalue weighted by molar-refractivity contribution is 0.547. The summed E-state index contributed by atoms with van der Waals surface area (Å²) < 4.78 is 27.3. The van der Waals surface area contributed by atoms with Gasteiger partial charge in [-0.1, -0.05) is 29.8 Å². The van der Waals surface area contributed by atoms with E-state index in [9.17, 15) is 8.78 Å². The zero-order chi connectivity index (χ0) is 14.0. The average molecular weight is 261 g/mol. The Labute approximate surface area is 112 Å². The largest absolute Gasteiger partial charge is 0.309 e. The Balaban J connectivity index is 2.51. The fraction of sp³-hybridized carbons (Fsp3) is 0.250. The molecule has 0 saturated heterocycles. The van der Waals surface area contributed by atoms with Crippen molar-refractivity contribution in [2.75, 3.05) is 7.05 Å². The minimum Gasteiger partial charge on any atom is -0.309 e. The molecule has 0 aliphatic carbocycles. The van der Waals surface area contributed by atoms with Gasteiger partial charge in [0.1, 0.15) is 11.6 Å². The number of hydrogen-bond acceptors (Lipinski definition) is 1. The molecule has 0 fully saturated rings. The summed E-state index contributed by atoms with van der Waals surface area (Å²) in [7, 11) is 1.77. The van der Waals surface area contributed by atoms with Crippen molar-refractivity contribution >= 4 is 0 Å². The van der Waals surface area contributed by atoms with Crippen LogP contribution >= 0.6 is 0 Å². The van der Waals surface area contributed by atoms with Crippen LogP contribution in [0.2, 0.25) is 0 Å². The maximum Gasteiger partial charge on any atom is 0.131 e. The van der Waals surface area contributed by atoms with E-state index < -0.39 is 11.6 Å². The third kappa shape index (κ3) is 2.82. The van der Waals surface area contributed by atoms with Crippen molar-refractivity contribution in [3.63, 3.8) is 0 Å². The molecule has 0 heterocycles. The third-order valence-corrected chi connectivity index (χ3v) is 3.25. The summed E-state index contributed by atoms with van der Waals surface area (Å²) in [4.78, 5) is 0. The Bertz CT molecular complexity index is 593. The lowest BCUT2D eigenvalue weighted by Gasteiger charge is -2.19. The number of halogens is 2. The topological polar surface area (TPSA) is 12.0 Å². The standard InChI is InChI=1S/C16H17F2N/c1-10-5-4-6-12(7-10)16(19-3)13-8-11(2)14(17)9-15(13)18/h4-9,16,19H,1-3H3. The van der Waals surface area contributed by atoms with Gasteiger partial charge in [-0.25, -0.2) is 8.78 Å². The Morgan fingerprint density at radius 2 is 1.74 bits per heavy atom. The van der Waals surface area contributed by atoms with Crippen LogP contribution in [0.3, 0.4) is 0 Å². The molecule has 3 heteroatoms. The van der Waals surface area contributed by atoms with Gasteiger partial charge in [0.2, 0.25) is 0 Å². The number of benzene rings is 2. The minimum absolute atomic E-state index is 0.279. The fourth-order valence-corrected chi connectivity index (χ4v) is 2.25. The van der Waals surface area contributed by atoms with Gasteiger partial charge in [0, 0.05) is 11.6 Å². The van der Waals surface area contributed by atoms with Gasteiger partial charge in [-0.15, -0.1) is 0 Å². The van der Waals surface area contributed by atoms with E-state index in [0.29, 0.717) is 11.1 Å². The molecule has 2 rings (SSSR count). The van der Waals surface area contributed by atoms with E-state index in [1.165, 1.54) is 0 Å². The molecule has 0 aromatic heterocycles. The predicted molar refractivity (Wildman–Crippen MR) is 73.2 cm³/mol. The molecule has 0 aliphatic rings. The first-order valence-electron chi connectivity index (χ1n) is 6.22. The summed E-state index contributed by atoms with van der Waals surface area (Å²) in [5.41, 5.74) is 2.99. The number of aryl methyl sites for hydroxylation is 2. The molecule has 1 N–H and O–H groups in total. The van der Waals surface area contributed by atoms with Crippen LogP contribution in [-0.2, 0) is 0 Å². The first-order valence-corrected chi connectivity index (χ1v) is 6.22. The first kappa shape index (κ1) is 13.7. The van der Waals surface area contributed by atoms with Crippen LogP contribution in [0.25, 0.3) is 0 Å². The smallest absolute Gasteiger partial charge is 0.131 e. The maximum absolute atomic E-state index is 14.0. The Kier molecular flexibility index (Phi) is 3.96. The Morgan fingerprint density at radius 3 is 2.37 bits per heavy atom. The van der Waals surface area contributed by atoms with Gasteiger partial charge >= 0.3 is 0 Å². The van der Waals surface area contributed by atoms with Crippen LogP contribution in [0.4, 0.5) is 8.78 Å². The molecule has 0 radical (unpaired) electrons. The van der Waals surface area contributed by atoms with Crippen LogP contribution in [0.1, 0.15) is 28.3 Å². The summed E-state index contributed by atoms with van der Waals surface area (Å²) in [6, 6.07) is 10.1. The highest BCUT2D eigenvalue weighted by atomic mass is 19.1. The van der Waals surface area contributed by atoms with Crippen LogP contribution < -0.4 is 5.32 Å². The van der Waals surface area contributed by atoms with Crippen molar-refractivity contribution in [3.05, 3.63) is 70.3 Å². The summed E-state index contributed by atoms with van der Waals surface area (Å²) in [6.45, 7) is 3.63. The van der Waals surface area contributed by atoms with Crippen LogP contribution in [0, 0.1) is 25.5 Å². The van der Waals surface area contributed by atoms with Crippen molar-refractivity contribution in [1.82, 2.24) is 5.32 Å². The second-order valence-electron chi connectivity index (χ2n) is 4.76. The van der Waals surface area contributed by atoms with E-state index in [4.69, 9.17) is 0 Å². The van der Waals surface area contributed by atoms with E-state index in [1.54, 1.807) is 20.0 Å². The van der Waals surface area contributed by atoms with E-state index in [-0.39, 0.29) is 6.04 Å². The number of nitrogens with one attached hydrogen (secondary N) is 1. The summed E-state index contributed by atoms with van der Waals surface area (Å²) in [6.07, 6.45) is 0. The quantitative estimate of drug-likeness (QED) is 0.883.